The Hall–Kier alpha value is -2.23. The molecule has 1 amide bonds. The number of rotatable bonds is 3. The predicted octanol–water partition coefficient (Wildman–Crippen LogP) is 3.77. The van der Waals surface area contributed by atoms with Crippen molar-refractivity contribution in [3.8, 4) is 0 Å². The second-order valence-corrected chi connectivity index (χ2v) is 5.68. The molecule has 4 nitrogen and oxygen atoms in total. The molecule has 1 N–H and O–H groups in total. The summed E-state index contributed by atoms with van der Waals surface area (Å²) in [6.45, 7) is 4.54. The molecule has 1 saturated heterocycles. The summed E-state index contributed by atoms with van der Waals surface area (Å²) in [6.07, 6.45) is 5.44. The van der Waals surface area contributed by atoms with Gasteiger partial charge in [-0.2, -0.15) is 0 Å². The molecule has 0 bridgehead atoms. The van der Waals surface area contributed by atoms with E-state index >= 15 is 0 Å². The molecule has 0 unspecified atom stereocenters. The molecule has 3 rings (SSSR count). The molecule has 21 heavy (non-hydrogen) atoms. The van der Waals surface area contributed by atoms with E-state index in [4.69, 9.17) is 4.42 Å². The summed E-state index contributed by atoms with van der Waals surface area (Å²) in [6, 6.07) is 9.69. The molecule has 0 radical (unpaired) electrons. The van der Waals surface area contributed by atoms with Crippen LogP contribution in [0.15, 0.2) is 47.3 Å². The summed E-state index contributed by atoms with van der Waals surface area (Å²) in [5.41, 5.74) is 2.56. The quantitative estimate of drug-likeness (QED) is 0.933. The molecule has 1 aliphatic rings. The number of nitrogens with zero attached hydrogens (tertiary/aromatic N) is 1. The van der Waals surface area contributed by atoms with Gasteiger partial charge in [0.15, 0.2) is 0 Å². The Morgan fingerprint density at radius 2 is 1.90 bits per heavy atom. The molecule has 0 aliphatic carbocycles. The average Bonchev–Trinajstić information content (AvgIpc) is 3.03. The van der Waals surface area contributed by atoms with Crippen molar-refractivity contribution in [3.05, 3.63) is 48.4 Å². The maximum atomic E-state index is 11.9. The highest BCUT2D eigenvalue weighted by Crippen LogP contribution is 2.24. The molecule has 1 aromatic carbocycles. The van der Waals surface area contributed by atoms with Gasteiger partial charge in [-0.15, -0.1) is 0 Å². The Labute approximate surface area is 124 Å². The van der Waals surface area contributed by atoms with E-state index in [0.717, 1.165) is 24.7 Å². The highest BCUT2D eigenvalue weighted by atomic mass is 16.3. The topological polar surface area (TPSA) is 45.5 Å². The summed E-state index contributed by atoms with van der Waals surface area (Å²) < 4.78 is 4.91. The normalized spacial score (nSPS) is 16.0. The number of hydrogen-bond acceptors (Lipinski definition) is 3. The van der Waals surface area contributed by atoms with E-state index in [9.17, 15) is 4.79 Å². The Balaban J connectivity index is 1.63. The first-order valence-electron chi connectivity index (χ1n) is 7.41. The van der Waals surface area contributed by atoms with E-state index in [1.54, 1.807) is 6.07 Å². The Morgan fingerprint density at radius 1 is 1.19 bits per heavy atom. The summed E-state index contributed by atoms with van der Waals surface area (Å²) in [4.78, 5) is 14.3. The van der Waals surface area contributed by atoms with E-state index in [1.807, 2.05) is 12.1 Å². The van der Waals surface area contributed by atoms with Crippen molar-refractivity contribution in [1.82, 2.24) is 0 Å². The average molecular weight is 284 g/mol. The molecule has 0 spiro atoms. The zero-order chi connectivity index (χ0) is 14.7. The van der Waals surface area contributed by atoms with Gasteiger partial charge in [-0.25, -0.2) is 0 Å². The Kier molecular flexibility index (Phi) is 3.95. The molecule has 1 aliphatic heterocycles. The van der Waals surface area contributed by atoms with E-state index in [1.165, 1.54) is 31.1 Å². The second kappa shape index (κ2) is 6.04. The fourth-order valence-corrected chi connectivity index (χ4v) is 2.62. The lowest BCUT2D eigenvalue weighted by Gasteiger charge is -2.32. The molecule has 0 atom stereocenters. The molecular weight excluding hydrogens is 264 g/mol. The number of hydrogen-bond donors (Lipinski definition) is 1. The van der Waals surface area contributed by atoms with Crippen LogP contribution < -0.4 is 10.2 Å². The van der Waals surface area contributed by atoms with Gasteiger partial charge in [-0.05, 0) is 49.1 Å². The lowest BCUT2D eigenvalue weighted by atomic mass is 9.99. The molecule has 1 fully saturated rings. The first-order valence-corrected chi connectivity index (χ1v) is 7.41. The predicted molar refractivity (Wildman–Crippen MR) is 83.7 cm³/mol. The largest absolute Gasteiger partial charge is 0.472 e. The monoisotopic (exact) mass is 284 g/mol. The Bertz CT molecular complexity index is 582. The number of anilines is 2. The molecule has 2 heterocycles. The number of piperidine rings is 1. The molecule has 110 valence electrons. The van der Waals surface area contributed by atoms with Crippen LogP contribution in [-0.2, 0) is 0 Å². The van der Waals surface area contributed by atoms with E-state index < -0.39 is 0 Å². The van der Waals surface area contributed by atoms with Gasteiger partial charge in [-0.1, -0.05) is 6.92 Å². The third-order valence-corrected chi connectivity index (χ3v) is 4.06. The zero-order valence-corrected chi connectivity index (χ0v) is 12.2. The van der Waals surface area contributed by atoms with Crippen LogP contribution in [0, 0.1) is 5.92 Å². The van der Waals surface area contributed by atoms with Crippen molar-refractivity contribution in [2.24, 2.45) is 5.92 Å². The zero-order valence-electron chi connectivity index (χ0n) is 12.2. The molecular formula is C17H20N2O2. The SMILES string of the molecule is CC1CCN(c2ccc(NC(=O)c3ccoc3)cc2)CC1. The van der Waals surface area contributed by atoms with Gasteiger partial charge in [0, 0.05) is 24.5 Å². The first-order chi connectivity index (χ1) is 10.2. The fraction of sp³-hybridized carbons (Fsp3) is 0.353. The van der Waals surface area contributed by atoms with Crippen molar-refractivity contribution in [3.63, 3.8) is 0 Å². The minimum absolute atomic E-state index is 0.150. The van der Waals surface area contributed by atoms with Crippen LogP contribution in [-0.4, -0.2) is 19.0 Å². The standard InChI is InChI=1S/C17H20N2O2/c1-13-6-9-19(10-7-13)16-4-2-15(3-5-16)18-17(20)14-8-11-21-12-14/h2-5,8,11-13H,6-7,9-10H2,1H3,(H,18,20). The highest BCUT2D eigenvalue weighted by molar-refractivity contribution is 6.04. The third-order valence-electron chi connectivity index (χ3n) is 4.06. The van der Waals surface area contributed by atoms with Gasteiger partial charge in [-0.3, -0.25) is 4.79 Å². The van der Waals surface area contributed by atoms with Crippen LogP contribution in [0.2, 0.25) is 0 Å². The van der Waals surface area contributed by atoms with Gasteiger partial charge in [0.25, 0.3) is 5.91 Å². The highest BCUT2D eigenvalue weighted by Gasteiger charge is 2.16. The van der Waals surface area contributed by atoms with Gasteiger partial charge in [0.1, 0.15) is 6.26 Å². The summed E-state index contributed by atoms with van der Waals surface area (Å²) in [5.74, 6) is 0.679. The van der Waals surface area contributed by atoms with Crippen LogP contribution in [0.1, 0.15) is 30.1 Å². The lowest BCUT2D eigenvalue weighted by Crippen LogP contribution is -2.32. The molecule has 0 saturated carbocycles. The summed E-state index contributed by atoms with van der Waals surface area (Å²) in [7, 11) is 0. The van der Waals surface area contributed by atoms with Gasteiger partial charge >= 0.3 is 0 Å². The number of carbonyl (C=O) groups excluding carboxylic acids is 1. The number of carbonyl (C=O) groups is 1. The molecule has 1 aromatic heterocycles. The first kappa shape index (κ1) is 13.7. The van der Waals surface area contributed by atoms with Gasteiger partial charge in [0.05, 0.1) is 11.8 Å². The van der Waals surface area contributed by atoms with Crippen LogP contribution in [0.3, 0.4) is 0 Å². The Morgan fingerprint density at radius 3 is 2.52 bits per heavy atom. The van der Waals surface area contributed by atoms with Crippen molar-refractivity contribution in [2.75, 3.05) is 23.3 Å². The van der Waals surface area contributed by atoms with E-state index in [2.05, 4.69) is 29.3 Å². The minimum atomic E-state index is -0.150. The van der Waals surface area contributed by atoms with Crippen molar-refractivity contribution in [1.29, 1.82) is 0 Å². The van der Waals surface area contributed by atoms with E-state index in [0.29, 0.717) is 5.56 Å². The van der Waals surface area contributed by atoms with Crippen LogP contribution in [0.4, 0.5) is 11.4 Å². The third kappa shape index (κ3) is 3.27. The van der Waals surface area contributed by atoms with E-state index in [-0.39, 0.29) is 5.91 Å². The second-order valence-electron chi connectivity index (χ2n) is 5.68. The number of nitrogens with one attached hydrogen (secondary N) is 1. The number of amides is 1. The van der Waals surface area contributed by atoms with Crippen molar-refractivity contribution in [2.45, 2.75) is 19.8 Å². The van der Waals surface area contributed by atoms with Gasteiger partial charge in [0.2, 0.25) is 0 Å². The van der Waals surface area contributed by atoms with Crippen molar-refractivity contribution < 1.29 is 9.21 Å². The van der Waals surface area contributed by atoms with Gasteiger partial charge < -0.3 is 14.6 Å². The number of benzene rings is 1. The summed E-state index contributed by atoms with van der Waals surface area (Å²) >= 11 is 0. The summed E-state index contributed by atoms with van der Waals surface area (Å²) in [5, 5.41) is 2.86. The lowest BCUT2D eigenvalue weighted by molar-refractivity contribution is 0.102. The maximum Gasteiger partial charge on any atom is 0.258 e. The fourth-order valence-electron chi connectivity index (χ4n) is 2.62. The smallest absolute Gasteiger partial charge is 0.258 e. The number of furan rings is 1. The van der Waals surface area contributed by atoms with Crippen LogP contribution in [0.5, 0.6) is 0 Å². The van der Waals surface area contributed by atoms with Crippen LogP contribution >= 0.6 is 0 Å². The molecule has 4 heteroatoms. The van der Waals surface area contributed by atoms with Crippen molar-refractivity contribution >= 4 is 17.3 Å². The molecule has 2 aromatic rings. The minimum Gasteiger partial charge on any atom is -0.472 e. The maximum absolute atomic E-state index is 11.9. The van der Waals surface area contributed by atoms with Crippen LogP contribution in [0.25, 0.3) is 0 Å².